The zero-order valence-corrected chi connectivity index (χ0v) is 14.5. The minimum Gasteiger partial charge on any atom is -0.465 e. The maximum absolute atomic E-state index is 12.0. The summed E-state index contributed by atoms with van der Waals surface area (Å²) in [7, 11) is 3.02. The largest absolute Gasteiger partial charge is 0.465 e. The van der Waals surface area contributed by atoms with Gasteiger partial charge in [0.05, 0.1) is 19.2 Å². The minimum atomic E-state index is -0.479. The molecule has 0 radical (unpaired) electrons. The summed E-state index contributed by atoms with van der Waals surface area (Å²) in [4.78, 5) is 35.6. The molecule has 8 nitrogen and oxygen atoms in total. The molecule has 2 N–H and O–H groups in total. The second kappa shape index (κ2) is 7.61. The Balaban J connectivity index is 1.96. The summed E-state index contributed by atoms with van der Waals surface area (Å²) in [6, 6.07) is 6.54. The number of aryl methyl sites for hydroxylation is 3. The van der Waals surface area contributed by atoms with Gasteiger partial charge >= 0.3 is 5.97 Å². The van der Waals surface area contributed by atoms with Gasteiger partial charge in [-0.1, -0.05) is 6.07 Å². The molecule has 0 spiro atoms. The van der Waals surface area contributed by atoms with E-state index >= 15 is 0 Å². The zero-order valence-electron chi connectivity index (χ0n) is 14.5. The third-order valence-electron chi connectivity index (χ3n) is 3.68. The van der Waals surface area contributed by atoms with Crippen LogP contribution in [0.3, 0.4) is 0 Å². The van der Waals surface area contributed by atoms with Gasteiger partial charge in [0.15, 0.2) is 0 Å². The van der Waals surface area contributed by atoms with Crippen LogP contribution < -0.4 is 10.6 Å². The molecule has 2 amide bonds. The molecule has 0 saturated heterocycles. The molecule has 0 aliphatic carbocycles. The third-order valence-corrected chi connectivity index (χ3v) is 3.68. The summed E-state index contributed by atoms with van der Waals surface area (Å²) >= 11 is 0. The number of hydrogen-bond acceptors (Lipinski definition) is 5. The first-order valence-corrected chi connectivity index (χ1v) is 7.59. The van der Waals surface area contributed by atoms with Crippen molar-refractivity contribution in [2.75, 3.05) is 19.0 Å². The smallest absolute Gasteiger partial charge is 0.338 e. The molecule has 0 saturated carbocycles. The molecule has 0 fully saturated rings. The van der Waals surface area contributed by atoms with E-state index in [9.17, 15) is 14.4 Å². The lowest BCUT2D eigenvalue weighted by atomic mass is 10.1. The maximum atomic E-state index is 12.0. The molecule has 2 rings (SSSR count). The molecule has 8 heteroatoms. The van der Waals surface area contributed by atoms with E-state index in [2.05, 4.69) is 15.7 Å². The van der Waals surface area contributed by atoms with Gasteiger partial charge in [-0.15, -0.1) is 0 Å². The molecule has 0 aliphatic rings. The number of carbonyl (C=O) groups excluding carboxylic acids is 3. The van der Waals surface area contributed by atoms with Crippen LogP contribution >= 0.6 is 0 Å². The van der Waals surface area contributed by atoms with Gasteiger partial charge in [-0.05, 0) is 37.6 Å². The summed E-state index contributed by atoms with van der Waals surface area (Å²) in [6.07, 6.45) is 0. The summed E-state index contributed by atoms with van der Waals surface area (Å²) in [5, 5.41) is 9.17. The molecule has 0 atom stereocenters. The normalized spacial score (nSPS) is 10.2. The molecule has 0 unspecified atom stereocenters. The highest BCUT2D eigenvalue weighted by Gasteiger charge is 2.14. The van der Waals surface area contributed by atoms with Crippen molar-refractivity contribution in [2.24, 2.45) is 7.05 Å². The molecule has 25 heavy (non-hydrogen) atoms. The number of nitrogens with one attached hydrogen (secondary N) is 2. The van der Waals surface area contributed by atoms with Crippen LogP contribution in [0.25, 0.3) is 0 Å². The number of ether oxygens (including phenoxy) is 1. The summed E-state index contributed by atoms with van der Waals surface area (Å²) in [6.45, 7) is 3.38. The predicted octanol–water partition coefficient (Wildman–Crippen LogP) is 1.19. The van der Waals surface area contributed by atoms with Crippen LogP contribution in [0.4, 0.5) is 5.69 Å². The van der Waals surface area contributed by atoms with Crippen LogP contribution in [-0.4, -0.2) is 41.2 Å². The van der Waals surface area contributed by atoms with Crippen molar-refractivity contribution in [3.05, 3.63) is 46.8 Å². The van der Waals surface area contributed by atoms with Gasteiger partial charge in [0, 0.05) is 18.4 Å². The van der Waals surface area contributed by atoms with Crippen LogP contribution in [0.2, 0.25) is 0 Å². The second-order valence-corrected chi connectivity index (χ2v) is 5.55. The molecular formula is C17H20N4O4. The lowest BCUT2D eigenvalue weighted by Crippen LogP contribution is -2.33. The number of amides is 2. The monoisotopic (exact) mass is 344 g/mol. The van der Waals surface area contributed by atoms with Crippen molar-refractivity contribution in [3.8, 4) is 0 Å². The van der Waals surface area contributed by atoms with Crippen molar-refractivity contribution in [3.63, 3.8) is 0 Å². The number of rotatable bonds is 5. The first-order chi connectivity index (χ1) is 11.8. The van der Waals surface area contributed by atoms with E-state index < -0.39 is 17.8 Å². The maximum Gasteiger partial charge on any atom is 0.338 e. The van der Waals surface area contributed by atoms with Crippen molar-refractivity contribution in [2.45, 2.75) is 13.8 Å². The Morgan fingerprint density at radius 3 is 2.52 bits per heavy atom. The van der Waals surface area contributed by atoms with Crippen LogP contribution in [-0.2, 0) is 16.6 Å². The molecule has 1 aromatic heterocycles. The molecule has 0 bridgehead atoms. The number of benzene rings is 1. The van der Waals surface area contributed by atoms with E-state index in [0.29, 0.717) is 11.3 Å². The van der Waals surface area contributed by atoms with Gasteiger partial charge in [0.25, 0.3) is 5.91 Å². The van der Waals surface area contributed by atoms with Crippen LogP contribution in [0.15, 0.2) is 24.3 Å². The van der Waals surface area contributed by atoms with Crippen LogP contribution in [0, 0.1) is 13.8 Å². The Morgan fingerprint density at radius 2 is 1.92 bits per heavy atom. The molecule has 2 aromatic rings. The minimum absolute atomic E-state index is 0.212. The molecule has 1 aromatic carbocycles. The topological polar surface area (TPSA) is 102 Å². The van der Waals surface area contributed by atoms with E-state index in [1.54, 1.807) is 36.9 Å². The van der Waals surface area contributed by atoms with Gasteiger partial charge in [0.2, 0.25) is 5.91 Å². The third kappa shape index (κ3) is 4.43. The first-order valence-electron chi connectivity index (χ1n) is 7.59. The van der Waals surface area contributed by atoms with Gasteiger partial charge in [-0.3, -0.25) is 14.3 Å². The first kappa shape index (κ1) is 18.2. The zero-order chi connectivity index (χ0) is 18.6. The number of esters is 1. The number of methoxy groups -OCH3 is 1. The van der Waals surface area contributed by atoms with Crippen molar-refractivity contribution < 1.29 is 19.1 Å². The average Bonchev–Trinajstić information content (AvgIpc) is 2.93. The van der Waals surface area contributed by atoms with Crippen molar-refractivity contribution in [1.82, 2.24) is 15.1 Å². The Hall–Kier alpha value is -3.16. The van der Waals surface area contributed by atoms with Gasteiger partial charge < -0.3 is 15.4 Å². The number of anilines is 1. The number of carbonyl (C=O) groups is 3. The van der Waals surface area contributed by atoms with Crippen LogP contribution in [0.1, 0.15) is 32.1 Å². The Labute approximate surface area is 145 Å². The van der Waals surface area contributed by atoms with Crippen LogP contribution in [0.5, 0.6) is 0 Å². The molecule has 132 valence electrons. The number of hydrogen-bond donors (Lipinski definition) is 2. The lowest BCUT2D eigenvalue weighted by Gasteiger charge is -2.09. The molecular weight excluding hydrogens is 324 g/mol. The fourth-order valence-electron chi connectivity index (χ4n) is 2.16. The van der Waals surface area contributed by atoms with Gasteiger partial charge in [-0.2, -0.15) is 5.10 Å². The average molecular weight is 344 g/mol. The molecule has 1 heterocycles. The Morgan fingerprint density at radius 1 is 1.20 bits per heavy atom. The standard InChI is InChI=1S/C17H20N4O4/c1-10-5-6-12(8-13(10)17(24)25-4)19-15(22)9-18-16(23)14-7-11(2)21(3)20-14/h5-8H,9H2,1-4H3,(H,18,23)(H,19,22). The predicted molar refractivity (Wildman–Crippen MR) is 91.4 cm³/mol. The van der Waals surface area contributed by atoms with Crippen molar-refractivity contribution >= 4 is 23.5 Å². The Bertz CT molecular complexity index is 807. The van der Waals surface area contributed by atoms with Gasteiger partial charge in [0.1, 0.15) is 5.69 Å². The number of aromatic nitrogens is 2. The number of nitrogens with zero attached hydrogens (tertiary/aromatic N) is 2. The van der Waals surface area contributed by atoms with E-state index in [0.717, 1.165) is 11.3 Å². The summed E-state index contributed by atoms with van der Waals surface area (Å²) < 4.78 is 6.28. The fourth-order valence-corrected chi connectivity index (χ4v) is 2.16. The summed E-state index contributed by atoms with van der Waals surface area (Å²) in [5.74, 6) is -1.33. The molecule has 0 aliphatic heterocycles. The fraction of sp³-hybridized carbons (Fsp3) is 0.294. The second-order valence-electron chi connectivity index (χ2n) is 5.55. The lowest BCUT2D eigenvalue weighted by molar-refractivity contribution is -0.115. The van der Waals surface area contributed by atoms with E-state index in [-0.39, 0.29) is 12.2 Å². The quantitative estimate of drug-likeness (QED) is 0.793. The highest BCUT2D eigenvalue weighted by molar-refractivity contribution is 5.99. The van der Waals surface area contributed by atoms with E-state index in [4.69, 9.17) is 4.74 Å². The SMILES string of the molecule is COC(=O)c1cc(NC(=O)CNC(=O)c2cc(C)n(C)n2)ccc1C. The highest BCUT2D eigenvalue weighted by Crippen LogP contribution is 2.16. The Kier molecular flexibility index (Phi) is 5.53. The summed E-state index contributed by atoms with van der Waals surface area (Å²) in [5.41, 5.74) is 2.64. The van der Waals surface area contributed by atoms with E-state index in [1.165, 1.54) is 13.2 Å². The van der Waals surface area contributed by atoms with Gasteiger partial charge in [-0.25, -0.2) is 4.79 Å². The highest BCUT2D eigenvalue weighted by atomic mass is 16.5. The van der Waals surface area contributed by atoms with Crippen molar-refractivity contribution in [1.29, 1.82) is 0 Å². The van der Waals surface area contributed by atoms with E-state index in [1.807, 2.05) is 6.92 Å².